The number of nitrogens with one attached hydrogen (secondary N) is 1. The van der Waals surface area contributed by atoms with Crippen LogP contribution in [0.15, 0.2) is 12.1 Å². The van der Waals surface area contributed by atoms with Gasteiger partial charge < -0.3 is 14.8 Å². The zero-order valence-corrected chi connectivity index (χ0v) is 11.6. The normalized spacial score (nSPS) is 13.4. The van der Waals surface area contributed by atoms with Gasteiger partial charge in [-0.2, -0.15) is 0 Å². The summed E-state index contributed by atoms with van der Waals surface area (Å²) < 4.78 is 11.2. The van der Waals surface area contributed by atoms with Crippen molar-refractivity contribution < 1.29 is 9.47 Å². The van der Waals surface area contributed by atoms with Crippen molar-refractivity contribution in [1.82, 2.24) is 5.32 Å². The van der Waals surface area contributed by atoms with E-state index in [-0.39, 0.29) is 0 Å². The Hall–Kier alpha value is -0.770. The highest BCUT2D eigenvalue weighted by Gasteiger charge is 2.17. The summed E-state index contributed by atoms with van der Waals surface area (Å²) in [5.74, 6) is 1.02. The minimum absolute atomic E-state index is 0.710. The van der Waals surface area contributed by atoms with Crippen LogP contribution in [0, 0.1) is 0 Å². The van der Waals surface area contributed by atoms with Gasteiger partial charge in [0.05, 0.1) is 19.8 Å². The fourth-order valence-electron chi connectivity index (χ4n) is 2.14. The molecule has 0 spiro atoms. The van der Waals surface area contributed by atoms with Gasteiger partial charge in [-0.3, -0.25) is 0 Å². The zero-order valence-electron chi connectivity index (χ0n) is 10.8. The van der Waals surface area contributed by atoms with Crippen LogP contribution >= 0.6 is 11.6 Å². The first-order valence-electron chi connectivity index (χ1n) is 6.54. The number of hydrogen-bond acceptors (Lipinski definition) is 3. The fourth-order valence-corrected chi connectivity index (χ4v) is 2.40. The topological polar surface area (TPSA) is 30.5 Å². The summed E-state index contributed by atoms with van der Waals surface area (Å²) in [7, 11) is 0. The molecular formula is C14H20ClNO2. The molecule has 2 rings (SSSR count). The van der Waals surface area contributed by atoms with E-state index in [2.05, 4.69) is 12.2 Å². The van der Waals surface area contributed by atoms with E-state index in [0.717, 1.165) is 49.9 Å². The molecule has 0 unspecified atom stereocenters. The quantitative estimate of drug-likeness (QED) is 0.772. The maximum absolute atomic E-state index is 6.10. The highest BCUT2D eigenvalue weighted by molar-refractivity contribution is 6.30. The number of rotatable bonds is 7. The van der Waals surface area contributed by atoms with Gasteiger partial charge in [-0.1, -0.05) is 18.5 Å². The van der Waals surface area contributed by atoms with Gasteiger partial charge >= 0.3 is 0 Å². The van der Waals surface area contributed by atoms with Crippen molar-refractivity contribution >= 4 is 11.6 Å². The first-order chi connectivity index (χ1) is 8.81. The van der Waals surface area contributed by atoms with Crippen molar-refractivity contribution in [3.63, 3.8) is 0 Å². The molecule has 100 valence electrons. The van der Waals surface area contributed by atoms with E-state index in [9.17, 15) is 0 Å². The van der Waals surface area contributed by atoms with Crippen LogP contribution in [0.2, 0.25) is 5.02 Å². The Bertz CT molecular complexity index is 396. The molecule has 0 atom stereocenters. The Kier molecular flexibility index (Phi) is 5.29. The Morgan fingerprint density at radius 3 is 3.11 bits per heavy atom. The van der Waals surface area contributed by atoms with Crippen molar-refractivity contribution in [2.75, 3.05) is 32.9 Å². The summed E-state index contributed by atoms with van der Waals surface area (Å²) >= 11 is 6.10. The molecule has 1 aromatic rings. The summed E-state index contributed by atoms with van der Waals surface area (Å²) in [6, 6.07) is 3.98. The third-order valence-corrected chi connectivity index (χ3v) is 3.23. The summed E-state index contributed by atoms with van der Waals surface area (Å²) in [5, 5.41) is 4.02. The number of hydrogen-bond donors (Lipinski definition) is 1. The van der Waals surface area contributed by atoms with Gasteiger partial charge in [-0.15, -0.1) is 0 Å². The van der Waals surface area contributed by atoms with Gasteiger partial charge in [0.2, 0.25) is 0 Å². The molecule has 1 N–H and O–H groups in total. The van der Waals surface area contributed by atoms with Crippen LogP contribution < -0.4 is 10.1 Å². The first-order valence-corrected chi connectivity index (χ1v) is 6.91. The Balaban J connectivity index is 1.82. The van der Waals surface area contributed by atoms with Crippen molar-refractivity contribution in [2.24, 2.45) is 0 Å². The number of likely N-dealkylation sites (N-methyl/N-ethyl adjacent to an activating group) is 1. The average molecular weight is 270 g/mol. The van der Waals surface area contributed by atoms with Gasteiger partial charge in [0, 0.05) is 18.0 Å². The van der Waals surface area contributed by atoms with E-state index in [4.69, 9.17) is 21.1 Å². The van der Waals surface area contributed by atoms with Gasteiger partial charge in [-0.05, 0) is 36.2 Å². The molecule has 1 aliphatic rings. The average Bonchev–Trinajstić information content (AvgIpc) is 2.81. The lowest BCUT2D eigenvalue weighted by Gasteiger charge is -2.09. The van der Waals surface area contributed by atoms with Crippen LogP contribution in [-0.2, 0) is 17.6 Å². The van der Waals surface area contributed by atoms with Crippen molar-refractivity contribution in [3.8, 4) is 5.75 Å². The maximum Gasteiger partial charge on any atom is 0.125 e. The minimum atomic E-state index is 0.710. The second kappa shape index (κ2) is 6.98. The lowest BCUT2D eigenvalue weighted by Crippen LogP contribution is -2.19. The predicted octanol–water partition coefficient (Wildman–Crippen LogP) is 2.44. The molecule has 1 heterocycles. The number of ether oxygens (including phenoxy) is 2. The highest BCUT2D eigenvalue weighted by Crippen LogP contribution is 2.33. The summed E-state index contributed by atoms with van der Waals surface area (Å²) in [4.78, 5) is 0. The third-order valence-electron chi connectivity index (χ3n) is 3.01. The molecule has 18 heavy (non-hydrogen) atoms. The monoisotopic (exact) mass is 269 g/mol. The molecule has 1 aromatic carbocycles. The SMILES string of the molecule is CCNCCOCCc1cc(Cl)cc2c1OCC2. The van der Waals surface area contributed by atoms with Crippen LogP contribution in [0.5, 0.6) is 5.75 Å². The molecule has 3 nitrogen and oxygen atoms in total. The molecule has 4 heteroatoms. The first kappa shape index (κ1) is 13.7. The Labute approximate surface area is 113 Å². The molecule has 0 fully saturated rings. The molecule has 0 amide bonds. The zero-order chi connectivity index (χ0) is 12.8. The molecule has 0 aliphatic carbocycles. The van der Waals surface area contributed by atoms with E-state index >= 15 is 0 Å². The molecule has 1 aliphatic heterocycles. The number of halogens is 1. The van der Waals surface area contributed by atoms with E-state index < -0.39 is 0 Å². The summed E-state index contributed by atoms with van der Waals surface area (Å²) in [5.41, 5.74) is 2.39. The van der Waals surface area contributed by atoms with E-state index in [1.54, 1.807) is 0 Å². The highest BCUT2D eigenvalue weighted by atomic mass is 35.5. The van der Waals surface area contributed by atoms with Gasteiger partial charge in [0.15, 0.2) is 0 Å². The van der Waals surface area contributed by atoms with Crippen LogP contribution in [0.1, 0.15) is 18.1 Å². The standard InChI is InChI=1S/C14H20ClNO2/c1-2-16-5-8-17-6-3-11-9-13(15)10-12-4-7-18-14(11)12/h9-10,16H,2-8H2,1H3. The Morgan fingerprint density at radius 1 is 1.39 bits per heavy atom. The minimum Gasteiger partial charge on any atom is -0.493 e. The van der Waals surface area contributed by atoms with E-state index in [0.29, 0.717) is 6.61 Å². The van der Waals surface area contributed by atoms with Crippen LogP contribution in [0.3, 0.4) is 0 Å². The lowest BCUT2D eigenvalue weighted by molar-refractivity contribution is 0.139. The molecular weight excluding hydrogens is 250 g/mol. The van der Waals surface area contributed by atoms with Gasteiger partial charge in [0.1, 0.15) is 5.75 Å². The molecule has 0 radical (unpaired) electrons. The van der Waals surface area contributed by atoms with Gasteiger partial charge in [-0.25, -0.2) is 0 Å². The van der Waals surface area contributed by atoms with Crippen molar-refractivity contribution in [2.45, 2.75) is 19.8 Å². The smallest absolute Gasteiger partial charge is 0.125 e. The lowest BCUT2D eigenvalue weighted by atomic mass is 10.1. The predicted molar refractivity (Wildman–Crippen MR) is 73.7 cm³/mol. The van der Waals surface area contributed by atoms with Crippen LogP contribution in [0.4, 0.5) is 0 Å². The van der Waals surface area contributed by atoms with Crippen molar-refractivity contribution in [3.05, 3.63) is 28.3 Å². The van der Waals surface area contributed by atoms with Crippen LogP contribution in [0.25, 0.3) is 0 Å². The number of benzene rings is 1. The van der Waals surface area contributed by atoms with Gasteiger partial charge in [0.25, 0.3) is 0 Å². The van der Waals surface area contributed by atoms with Crippen molar-refractivity contribution in [1.29, 1.82) is 0 Å². The third kappa shape index (κ3) is 3.61. The van der Waals surface area contributed by atoms with E-state index in [1.165, 1.54) is 11.1 Å². The maximum atomic E-state index is 6.10. The fraction of sp³-hybridized carbons (Fsp3) is 0.571. The molecule has 0 aromatic heterocycles. The summed E-state index contributed by atoms with van der Waals surface area (Å²) in [6.45, 7) is 6.20. The number of fused-ring (bicyclic) bond motifs is 1. The van der Waals surface area contributed by atoms with E-state index in [1.807, 2.05) is 12.1 Å². The Morgan fingerprint density at radius 2 is 2.28 bits per heavy atom. The molecule has 0 saturated heterocycles. The molecule has 0 saturated carbocycles. The van der Waals surface area contributed by atoms with Crippen LogP contribution in [-0.4, -0.2) is 32.9 Å². The second-order valence-corrected chi connectivity index (χ2v) is 4.80. The second-order valence-electron chi connectivity index (χ2n) is 4.37. The molecule has 0 bridgehead atoms. The summed E-state index contributed by atoms with van der Waals surface area (Å²) in [6.07, 6.45) is 1.82. The largest absolute Gasteiger partial charge is 0.493 e.